The lowest BCUT2D eigenvalue weighted by atomic mass is 10.0. The molecule has 0 saturated heterocycles. The molecule has 2 aromatic carbocycles. The Bertz CT molecular complexity index is 956. The lowest BCUT2D eigenvalue weighted by Gasteiger charge is -2.21. The Balaban J connectivity index is 1.63. The number of nitrogens with zero attached hydrogens (tertiary/aromatic N) is 3. The van der Waals surface area contributed by atoms with E-state index in [1.165, 1.54) is 41.1 Å². The summed E-state index contributed by atoms with van der Waals surface area (Å²) in [4.78, 5) is 14.7. The third kappa shape index (κ3) is 6.12. The Morgan fingerprint density at radius 2 is 1.70 bits per heavy atom. The molecule has 1 amide bonds. The number of halogens is 2. The summed E-state index contributed by atoms with van der Waals surface area (Å²) in [6.45, 7) is 0.837. The molecule has 1 atom stereocenters. The molecule has 0 aliphatic rings. The number of nitrogens with one attached hydrogen (secondary N) is 1. The molecule has 30 heavy (non-hydrogen) atoms. The number of hydrogen-bond donors (Lipinski definition) is 1. The van der Waals surface area contributed by atoms with Gasteiger partial charge in [0, 0.05) is 6.20 Å². The predicted molar refractivity (Wildman–Crippen MR) is 109 cm³/mol. The molecule has 0 bridgehead atoms. The molecule has 3 rings (SSSR count). The third-order valence-electron chi connectivity index (χ3n) is 4.49. The van der Waals surface area contributed by atoms with Crippen LogP contribution in [0.3, 0.4) is 0 Å². The minimum absolute atomic E-state index is 0.0843. The number of benzene rings is 2. The van der Waals surface area contributed by atoms with E-state index >= 15 is 0 Å². The maximum atomic E-state index is 13.3. The standard InChI is InChI=1S/C22H24F2N4O2/c1-27(2)13-11-20(16-3-5-17(23)6-4-16)25-22(29)21-12-14-28(26-21)15-30-19-9-7-18(24)8-10-19/h3-10,12,14,20H,11,13,15H2,1-2H3,(H,25,29)/t20-/m0/s1. The summed E-state index contributed by atoms with van der Waals surface area (Å²) in [6.07, 6.45) is 2.30. The topological polar surface area (TPSA) is 59.4 Å². The second kappa shape index (κ2) is 9.98. The molecule has 0 aliphatic heterocycles. The van der Waals surface area contributed by atoms with Crippen LogP contribution in [-0.2, 0) is 6.73 Å². The average molecular weight is 414 g/mol. The molecule has 158 valence electrons. The van der Waals surface area contributed by atoms with Crippen LogP contribution in [0.15, 0.2) is 60.8 Å². The largest absolute Gasteiger partial charge is 0.471 e. The van der Waals surface area contributed by atoms with Gasteiger partial charge in [0.05, 0.1) is 6.04 Å². The van der Waals surface area contributed by atoms with Gasteiger partial charge in [-0.25, -0.2) is 13.5 Å². The zero-order valence-electron chi connectivity index (χ0n) is 16.9. The maximum Gasteiger partial charge on any atom is 0.272 e. The van der Waals surface area contributed by atoms with Crippen molar-refractivity contribution in [3.63, 3.8) is 0 Å². The third-order valence-corrected chi connectivity index (χ3v) is 4.49. The number of aromatic nitrogens is 2. The van der Waals surface area contributed by atoms with Gasteiger partial charge in [-0.1, -0.05) is 12.1 Å². The molecule has 0 aliphatic carbocycles. The van der Waals surface area contributed by atoms with E-state index in [2.05, 4.69) is 10.4 Å². The van der Waals surface area contributed by atoms with E-state index in [1.54, 1.807) is 24.4 Å². The summed E-state index contributed by atoms with van der Waals surface area (Å²) in [6, 6.07) is 13.1. The van der Waals surface area contributed by atoms with E-state index in [1.807, 2.05) is 19.0 Å². The monoisotopic (exact) mass is 414 g/mol. The van der Waals surface area contributed by atoms with Gasteiger partial charge in [0.2, 0.25) is 0 Å². The Hall–Kier alpha value is -3.26. The first kappa shape index (κ1) is 21.4. The van der Waals surface area contributed by atoms with Crippen molar-refractivity contribution >= 4 is 5.91 Å². The molecule has 3 aromatic rings. The van der Waals surface area contributed by atoms with Gasteiger partial charge in [0.1, 0.15) is 23.1 Å². The van der Waals surface area contributed by atoms with E-state index in [9.17, 15) is 13.6 Å². The SMILES string of the molecule is CN(C)CC[C@H](NC(=O)c1ccn(COc2ccc(F)cc2)n1)c1ccc(F)cc1. The van der Waals surface area contributed by atoms with Crippen LogP contribution in [0, 0.1) is 11.6 Å². The van der Waals surface area contributed by atoms with Gasteiger partial charge in [-0.05, 0) is 75.1 Å². The van der Waals surface area contributed by atoms with Crippen molar-refractivity contribution in [3.05, 3.63) is 83.7 Å². The van der Waals surface area contributed by atoms with Gasteiger partial charge in [-0.15, -0.1) is 0 Å². The summed E-state index contributed by atoms with van der Waals surface area (Å²) in [7, 11) is 3.90. The Morgan fingerprint density at radius 3 is 2.33 bits per heavy atom. The predicted octanol–water partition coefficient (Wildman–Crippen LogP) is 3.62. The lowest BCUT2D eigenvalue weighted by Crippen LogP contribution is -2.31. The normalized spacial score (nSPS) is 12.0. The Labute approximate surface area is 174 Å². The first-order valence-corrected chi connectivity index (χ1v) is 9.53. The van der Waals surface area contributed by atoms with Crippen LogP contribution in [0.5, 0.6) is 5.75 Å². The summed E-state index contributed by atoms with van der Waals surface area (Å²) >= 11 is 0. The highest BCUT2D eigenvalue weighted by molar-refractivity contribution is 5.92. The van der Waals surface area contributed by atoms with Crippen LogP contribution in [0.2, 0.25) is 0 Å². The highest BCUT2D eigenvalue weighted by atomic mass is 19.1. The maximum absolute atomic E-state index is 13.3. The fraction of sp³-hybridized carbons (Fsp3) is 0.273. The smallest absolute Gasteiger partial charge is 0.272 e. The highest BCUT2D eigenvalue weighted by Gasteiger charge is 2.18. The average Bonchev–Trinajstić information content (AvgIpc) is 3.20. The molecule has 0 unspecified atom stereocenters. The molecule has 0 spiro atoms. The van der Waals surface area contributed by atoms with Gasteiger partial charge < -0.3 is 15.0 Å². The second-order valence-electron chi connectivity index (χ2n) is 7.14. The first-order chi connectivity index (χ1) is 14.4. The van der Waals surface area contributed by atoms with Crippen molar-refractivity contribution in [1.82, 2.24) is 20.0 Å². The van der Waals surface area contributed by atoms with Crippen molar-refractivity contribution in [2.24, 2.45) is 0 Å². The van der Waals surface area contributed by atoms with Crippen molar-refractivity contribution in [2.45, 2.75) is 19.2 Å². The number of rotatable bonds is 9. The number of ether oxygens (including phenoxy) is 1. The van der Waals surface area contributed by atoms with Gasteiger partial charge in [-0.2, -0.15) is 5.10 Å². The van der Waals surface area contributed by atoms with Crippen LogP contribution in [0.4, 0.5) is 8.78 Å². The van der Waals surface area contributed by atoms with Crippen LogP contribution >= 0.6 is 0 Å². The van der Waals surface area contributed by atoms with E-state index in [0.29, 0.717) is 12.2 Å². The Kier molecular flexibility index (Phi) is 7.13. The van der Waals surface area contributed by atoms with E-state index in [-0.39, 0.29) is 36.0 Å². The fourth-order valence-electron chi connectivity index (χ4n) is 2.86. The minimum atomic E-state index is -0.342. The summed E-state index contributed by atoms with van der Waals surface area (Å²) in [5.41, 5.74) is 1.07. The first-order valence-electron chi connectivity index (χ1n) is 9.53. The van der Waals surface area contributed by atoms with Crippen LogP contribution < -0.4 is 10.1 Å². The lowest BCUT2D eigenvalue weighted by molar-refractivity contribution is 0.0925. The molecule has 0 fully saturated rings. The summed E-state index contributed by atoms with van der Waals surface area (Å²) < 4.78 is 33.2. The second-order valence-corrected chi connectivity index (χ2v) is 7.14. The van der Waals surface area contributed by atoms with Crippen molar-refractivity contribution in [2.75, 3.05) is 20.6 Å². The van der Waals surface area contributed by atoms with E-state index < -0.39 is 0 Å². The van der Waals surface area contributed by atoms with Crippen LogP contribution in [0.25, 0.3) is 0 Å². The molecular weight excluding hydrogens is 390 g/mol. The van der Waals surface area contributed by atoms with Crippen molar-refractivity contribution in [3.8, 4) is 5.75 Å². The zero-order valence-corrected chi connectivity index (χ0v) is 16.9. The molecule has 1 N–H and O–H groups in total. The number of carbonyl (C=O) groups is 1. The van der Waals surface area contributed by atoms with Gasteiger partial charge >= 0.3 is 0 Å². The van der Waals surface area contributed by atoms with E-state index in [0.717, 1.165) is 12.1 Å². The highest BCUT2D eigenvalue weighted by Crippen LogP contribution is 2.18. The quantitative estimate of drug-likeness (QED) is 0.581. The number of hydrogen-bond acceptors (Lipinski definition) is 4. The summed E-state index contributed by atoms with van der Waals surface area (Å²) in [5.74, 6) is -0.497. The molecule has 0 saturated carbocycles. The van der Waals surface area contributed by atoms with Gasteiger partial charge in [-0.3, -0.25) is 4.79 Å². The van der Waals surface area contributed by atoms with Crippen LogP contribution in [0.1, 0.15) is 28.5 Å². The van der Waals surface area contributed by atoms with Gasteiger partial charge in [0.15, 0.2) is 6.73 Å². The molecule has 1 aromatic heterocycles. The minimum Gasteiger partial charge on any atom is -0.471 e. The molecule has 1 heterocycles. The van der Waals surface area contributed by atoms with Crippen molar-refractivity contribution < 1.29 is 18.3 Å². The van der Waals surface area contributed by atoms with Crippen molar-refractivity contribution in [1.29, 1.82) is 0 Å². The number of carbonyl (C=O) groups excluding carboxylic acids is 1. The zero-order chi connectivity index (χ0) is 21.5. The van der Waals surface area contributed by atoms with E-state index in [4.69, 9.17) is 4.74 Å². The molecule has 8 heteroatoms. The van der Waals surface area contributed by atoms with Gasteiger partial charge in [0.25, 0.3) is 5.91 Å². The molecule has 6 nitrogen and oxygen atoms in total. The Morgan fingerprint density at radius 1 is 1.07 bits per heavy atom. The van der Waals surface area contributed by atoms with Crippen LogP contribution in [-0.4, -0.2) is 41.2 Å². The number of amides is 1. The summed E-state index contributed by atoms with van der Waals surface area (Å²) in [5, 5.41) is 7.21. The fourth-order valence-corrected chi connectivity index (χ4v) is 2.86. The molecular formula is C22H24F2N4O2. The molecule has 0 radical (unpaired) electrons.